The highest BCUT2D eigenvalue weighted by molar-refractivity contribution is 7.88. The van der Waals surface area contributed by atoms with Gasteiger partial charge in [0, 0.05) is 88.2 Å². The molecule has 17 nitrogen and oxygen atoms in total. The van der Waals surface area contributed by atoms with E-state index >= 15 is 0 Å². The van der Waals surface area contributed by atoms with E-state index in [0.717, 1.165) is 45.0 Å². The van der Waals surface area contributed by atoms with Gasteiger partial charge in [0.25, 0.3) is 0 Å². The van der Waals surface area contributed by atoms with Gasteiger partial charge in [0.1, 0.15) is 23.8 Å². The van der Waals surface area contributed by atoms with E-state index in [1.54, 1.807) is 67.3 Å². The van der Waals surface area contributed by atoms with Gasteiger partial charge in [0.05, 0.1) is 24.9 Å². The third-order valence-corrected chi connectivity index (χ3v) is 13.1. The highest BCUT2D eigenvalue weighted by Crippen LogP contribution is 2.35. The van der Waals surface area contributed by atoms with Crippen molar-refractivity contribution < 1.29 is 32.7 Å². The lowest BCUT2D eigenvalue weighted by Crippen LogP contribution is -2.76. The van der Waals surface area contributed by atoms with Gasteiger partial charge in [0.2, 0.25) is 21.8 Å². The number of rotatable bonds is 11. The zero-order chi connectivity index (χ0) is 44.4. The molecule has 3 aliphatic heterocycles. The Balaban J connectivity index is 1.06. The molecule has 3 aliphatic rings. The summed E-state index contributed by atoms with van der Waals surface area (Å²) in [6.45, 7) is 5.46. The molecule has 3 N–H and O–H groups in total. The summed E-state index contributed by atoms with van der Waals surface area (Å²) in [4.78, 5) is 65.4. The van der Waals surface area contributed by atoms with Crippen LogP contribution in [0.5, 0.6) is 5.75 Å². The van der Waals surface area contributed by atoms with E-state index in [1.165, 1.54) is 4.31 Å². The molecule has 0 aliphatic carbocycles. The van der Waals surface area contributed by atoms with Crippen LogP contribution in [-0.2, 0) is 46.2 Å². The van der Waals surface area contributed by atoms with Crippen molar-refractivity contribution in [1.82, 2.24) is 43.9 Å². The van der Waals surface area contributed by atoms with E-state index in [9.17, 15) is 32.7 Å². The predicted molar refractivity (Wildman–Crippen MR) is 237 cm³/mol. The Bertz CT molecular complexity index is 2630. The maximum absolute atomic E-state index is 14.8. The monoisotopic (exact) mass is 874 g/mol. The number of piperazine rings is 2. The predicted octanol–water partition coefficient (Wildman–Crippen LogP) is 3.79. The van der Waals surface area contributed by atoms with Gasteiger partial charge in [0.15, 0.2) is 0 Å². The number of amides is 6. The summed E-state index contributed by atoms with van der Waals surface area (Å²) in [7, 11) is -1.39. The minimum Gasteiger partial charge on any atom is -0.508 e. The van der Waals surface area contributed by atoms with E-state index in [0.29, 0.717) is 5.82 Å². The molecule has 2 atom stereocenters. The number of carbonyl (C=O) groups excluding carboxylic acids is 4. The molecule has 0 spiro atoms. The molecule has 0 bridgehead atoms. The fourth-order valence-electron chi connectivity index (χ4n) is 8.71. The lowest BCUT2D eigenvalue weighted by molar-refractivity contribution is -0.189. The molecule has 8 rings (SSSR count). The molecule has 0 radical (unpaired) electrons. The van der Waals surface area contributed by atoms with E-state index in [-0.39, 0.29) is 88.9 Å². The smallest absolute Gasteiger partial charge is 0.334 e. The fraction of sp³-hybridized carbons (Fsp3) is 0.311. The van der Waals surface area contributed by atoms with Crippen LogP contribution in [0, 0.1) is 0 Å². The van der Waals surface area contributed by atoms with Gasteiger partial charge in [-0.05, 0) is 41.0 Å². The number of pyridine rings is 1. The molecule has 2 aromatic heterocycles. The number of hydrazine groups is 1. The molecule has 3 saturated heterocycles. The van der Waals surface area contributed by atoms with E-state index in [4.69, 9.17) is 0 Å². The Kier molecular flexibility index (Phi) is 12.2. The lowest BCUT2D eigenvalue weighted by atomic mass is 9.98. The molecule has 3 fully saturated rings. The Labute approximate surface area is 365 Å². The van der Waals surface area contributed by atoms with E-state index in [1.807, 2.05) is 72.4 Å². The van der Waals surface area contributed by atoms with Crippen molar-refractivity contribution >= 4 is 50.6 Å². The van der Waals surface area contributed by atoms with Crippen LogP contribution in [0.4, 0.5) is 15.4 Å². The van der Waals surface area contributed by atoms with Crippen molar-refractivity contribution in [3.63, 3.8) is 0 Å². The van der Waals surface area contributed by atoms with Gasteiger partial charge < -0.3 is 29.7 Å². The number of para-hydroxylation sites is 1. The number of nitrogens with one attached hydrogen (secondary N) is 2. The molecule has 0 unspecified atom stereocenters. The first-order chi connectivity index (χ1) is 30.3. The van der Waals surface area contributed by atoms with Crippen molar-refractivity contribution in [1.29, 1.82) is 0 Å². The highest BCUT2D eigenvalue weighted by Gasteiger charge is 2.51. The van der Waals surface area contributed by atoms with Crippen LogP contribution in [-0.4, -0.2) is 140 Å². The summed E-state index contributed by atoms with van der Waals surface area (Å²) in [6, 6.07) is 23.8. The number of fused-ring (bicyclic) bond motifs is 2. The average Bonchev–Trinajstić information content (AvgIpc) is 3.62. The van der Waals surface area contributed by atoms with Gasteiger partial charge >= 0.3 is 12.1 Å². The van der Waals surface area contributed by atoms with Gasteiger partial charge in [-0.2, -0.15) is 4.31 Å². The van der Waals surface area contributed by atoms with Crippen LogP contribution in [0.15, 0.2) is 110 Å². The minimum absolute atomic E-state index is 0.0429. The number of urea groups is 2. The number of aromatic nitrogens is 2. The number of aryl methyl sites for hydroxylation is 1. The Hall–Kier alpha value is -6.76. The number of phenolic OH excluding ortho intramolecular Hbond substituents is 1. The fourth-order valence-corrected chi connectivity index (χ4v) is 9.53. The molecule has 328 valence electrons. The van der Waals surface area contributed by atoms with Crippen LogP contribution >= 0.6 is 0 Å². The van der Waals surface area contributed by atoms with Crippen LogP contribution in [0.25, 0.3) is 22.0 Å². The van der Waals surface area contributed by atoms with Crippen molar-refractivity contribution in [3.05, 3.63) is 127 Å². The number of nitrogens with zero attached hydrogens (tertiary/aromatic N) is 8. The second kappa shape index (κ2) is 17.9. The number of aromatic hydroxyl groups is 1. The highest BCUT2D eigenvalue weighted by atomic mass is 32.2. The second-order valence-corrected chi connectivity index (χ2v) is 18.0. The normalized spacial score (nSPS) is 18.7. The summed E-state index contributed by atoms with van der Waals surface area (Å²) >= 11 is 0. The van der Waals surface area contributed by atoms with Crippen molar-refractivity contribution in [2.75, 3.05) is 57.4 Å². The van der Waals surface area contributed by atoms with Gasteiger partial charge in [-0.25, -0.2) is 33.0 Å². The number of sulfonamides is 1. The third-order valence-electron chi connectivity index (χ3n) is 11.8. The number of benzene rings is 3. The molecule has 5 heterocycles. The third kappa shape index (κ3) is 9.09. The largest absolute Gasteiger partial charge is 0.508 e. The molecular formula is C45H50N10O7S. The molecule has 0 saturated carbocycles. The van der Waals surface area contributed by atoms with Crippen LogP contribution < -0.4 is 10.6 Å². The average molecular weight is 875 g/mol. The first-order valence-corrected chi connectivity index (χ1v) is 22.5. The number of phenols is 1. The molecule has 6 amide bonds. The summed E-state index contributed by atoms with van der Waals surface area (Å²) in [6.07, 6.45) is 5.80. The number of hydrogen-bond donors (Lipinski definition) is 3. The molecule has 18 heteroatoms. The van der Waals surface area contributed by atoms with Crippen LogP contribution in [0.1, 0.15) is 16.7 Å². The minimum atomic E-state index is -3.33. The Morgan fingerprint density at radius 3 is 2.35 bits per heavy atom. The quantitative estimate of drug-likeness (QED) is 0.166. The van der Waals surface area contributed by atoms with E-state index < -0.39 is 28.3 Å². The molecule has 5 aromatic rings. The molecule has 3 aromatic carbocycles. The number of carbonyl (C=O) groups is 4. The standard InChI is InChI=1S/C45H50N10O7S/c1-4-19-52-30-41(57)54-38(24-31-13-16-35(56)17-14-31)43(58)51(29-40(54)55(52)44(59)47-25-32-9-6-5-7-10-32)27-34-11-8-12-36-37(28-49(2)42(34)36)33-15-18-39(46-26-33)48-45(60)50-20-22-53(23-21-50)63(3,61)62/h4-18,26,28,38,40,56H,1,19-25,27,29-30H2,2-3H3,(H,47,59)(H,46,48,60)/t38-,40-/m0/s1. The summed E-state index contributed by atoms with van der Waals surface area (Å²) < 4.78 is 27.1. The summed E-state index contributed by atoms with van der Waals surface area (Å²) in [5.41, 5.74) is 5.07. The van der Waals surface area contributed by atoms with Crippen LogP contribution in [0.2, 0.25) is 0 Å². The summed E-state index contributed by atoms with van der Waals surface area (Å²) in [5.74, 6) is -0.117. The topological polar surface area (TPSA) is 184 Å². The first-order valence-electron chi connectivity index (χ1n) is 20.7. The Morgan fingerprint density at radius 1 is 0.921 bits per heavy atom. The Morgan fingerprint density at radius 2 is 1.67 bits per heavy atom. The first kappa shape index (κ1) is 42.9. The maximum Gasteiger partial charge on any atom is 0.334 e. The molecule has 63 heavy (non-hydrogen) atoms. The number of anilines is 1. The SMILES string of the molecule is C=CCN1CC(=O)N2[C@@H](Cc3ccc(O)cc3)C(=O)N(Cc3cccc4c(-c5ccc(NC(=O)N6CCN(S(C)(=O)=O)CC6)nc5)cn(C)c34)C[C@@H]2N1C(=O)NCc1ccccc1. The molecular weight excluding hydrogens is 825 g/mol. The zero-order valence-corrected chi connectivity index (χ0v) is 35.9. The number of hydrogen-bond acceptors (Lipinski definition) is 9. The lowest BCUT2D eigenvalue weighted by Gasteiger charge is -2.55. The van der Waals surface area contributed by atoms with Crippen molar-refractivity contribution in [3.8, 4) is 16.9 Å². The van der Waals surface area contributed by atoms with Gasteiger partial charge in [-0.15, -0.1) is 6.58 Å². The second-order valence-electron chi connectivity index (χ2n) is 16.0. The van der Waals surface area contributed by atoms with Crippen molar-refractivity contribution in [2.24, 2.45) is 7.05 Å². The van der Waals surface area contributed by atoms with Gasteiger partial charge in [-0.1, -0.05) is 66.7 Å². The van der Waals surface area contributed by atoms with E-state index in [2.05, 4.69) is 22.2 Å². The van der Waals surface area contributed by atoms with Crippen LogP contribution in [0.3, 0.4) is 0 Å². The maximum atomic E-state index is 14.8. The van der Waals surface area contributed by atoms with Gasteiger partial charge in [-0.3, -0.25) is 14.9 Å². The zero-order valence-electron chi connectivity index (χ0n) is 35.1. The van der Waals surface area contributed by atoms with Crippen molar-refractivity contribution in [2.45, 2.75) is 31.7 Å². The summed E-state index contributed by atoms with van der Waals surface area (Å²) in [5, 5.41) is 20.0.